The van der Waals surface area contributed by atoms with E-state index in [-0.39, 0.29) is 24.4 Å². The largest absolute Gasteiger partial charge is 0.387 e. The van der Waals surface area contributed by atoms with Gasteiger partial charge >= 0.3 is 6.03 Å². The number of sulfonamides is 1. The number of aliphatic hydroxyl groups excluding tert-OH is 1. The number of carbonyl (C=O) groups excluding carboxylic acids is 1. The smallest absolute Gasteiger partial charge is 0.315 e. The van der Waals surface area contributed by atoms with Gasteiger partial charge in [-0.05, 0) is 37.5 Å². The van der Waals surface area contributed by atoms with Gasteiger partial charge in [-0.15, -0.1) is 0 Å². The van der Waals surface area contributed by atoms with Crippen molar-refractivity contribution in [1.82, 2.24) is 14.9 Å². The molecule has 0 spiro atoms. The number of rotatable bonds is 6. The van der Waals surface area contributed by atoms with Gasteiger partial charge in [-0.2, -0.15) is 0 Å². The van der Waals surface area contributed by atoms with E-state index < -0.39 is 16.1 Å². The van der Waals surface area contributed by atoms with Crippen LogP contribution in [0.3, 0.4) is 0 Å². The maximum absolute atomic E-state index is 11.9. The van der Waals surface area contributed by atoms with Crippen molar-refractivity contribution in [1.29, 1.82) is 0 Å². The zero-order valence-corrected chi connectivity index (χ0v) is 15.7. The Labute approximate surface area is 153 Å². The molecule has 1 aromatic rings. The molecule has 1 aromatic carbocycles. The third-order valence-electron chi connectivity index (χ3n) is 4.26. The summed E-state index contributed by atoms with van der Waals surface area (Å²) in [4.78, 5) is 11.9. The third-order valence-corrected chi connectivity index (χ3v) is 6.39. The number of carbonyl (C=O) groups is 1. The van der Waals surface area contributed by atoms with Crippen molar-refractivity contribution in [3.8, 4) is 0 Å². The summed E-state index contributed by atoms with van der Waals surface area (Å²) < 4.78 is 25.1. The molecule has 0 aromatic heterocycles. The summed E-state index contributed by atoms with van der Waals surface area (Å²) >= 11 is 5.80. The van der Waals surface area contributed by atoms with Gasteiger partial charge in [-0.1, -0.05) is 23.7 Å². The minimum Gasteiger partial charge on any atom is -0.387 e. The number of nitrogens with zero attached hydrogens (tertiary/aromatic N) is 1. The summed E-state index contributed by atoms with van der Waals surface area (Å²) in [6.07, 6.45) is 0.332. The lowest BCUT2D eigenvalue weighted by molar-refractivity contribution is 0.171. The van der Waals surface area contributed by atoms with Gasteiger partial charge in [0.2, 0.25) is 10.0 Å². The molecular formula is C16H24ClN3O4S. The quantitative estimate of drug-likeness (QED) is 0.686. The molecule has 9 heteroatoms. The number of hydrogen-bond donors (Lipinski definition) is 3. The molecule has 1 saturated heterocycles. The standard InChI is InChI=1S/C16H24ClN3O4S/c1-2-25(23,24)20-9-7-14(8-10-20)19-16(22)18-11-15(21)12-3-5-13(17)6-4-12/h3-6,14-15,21H,2,7-11H2,1H3,(H2,18,19,22)/t15-/m0/s1. The number of benzene rings is 1. The fourth-order valence-corrected chi connectivity index (χ4v) is 3.95. The summed E-state index contributed by atoms with van der Waals surface area (Å²) in [7, 11) is -3.17. The lowest BCUT2D eigenvalue weighted by Gasteiger charge is -2.31. The Balaban J connectivity index is 1.73. The van der Waals surface area contributed by atoms with Crippen LogP contribution in [0.15, 0.2) is 24.3 Å². The molecule has 0 radical (unpaired) electrons. The van der Waals surface area contributed by atoms with Gasteiger partial charge in [-0.25, -0.2) is 17.5 Å². The van der Waals surface area contributed by atoms with Gasteiger partial charge < -0.3 is 15.7 Å². The second-order valence-corrected chi connectivity index (χ2v) is 8.69. The highest BCUT2D eigenvalue weighted by Gasteiger charge is 2.27. The van der Waals surface area contributed by atoms with Crippen LogP contribution in [0.1, 0.15) is 31.4 Å². The van der Waals surface area contributed by atoms with Crippen LogP contribution in [0, 0.1) is 0 Å². The second kappa shape index (κ2) is 8.84. The van der Waals surface area contributed by atoms with E-state index in [0.29, 0.717) is 36.5 Å². The van der Waals surface area contributed by atoms with E-state index in [1.807, 2.05) is 0 Å². The van der Waals surface area contributed by atoms with Crippen LogP contribution < -0.4 is 10.6 Å². The van der Waals surface area contributed by atoms with Gasteiger partial charge in [0.25, 0.3) is 0 Å². The summed E-state index contributed by atoms with van der Waals surface area (Å²) in [5.41, 5.74) is 0.669. The van der Waals surface area contributed by atoms with Crippen molar-refractivity contribution in [2.45, 2.75) is 31.9 Å². The molecule has 2 amide bonds. The van der Waals surface area contributed by atoms with Crippen molar-refractivity contribution in [2.24, 2.45) is 0 Å². The SMILES string of the molecule is CCS(=O)(=O)N1CCC(NC(=O)NC[C@H](O)c2ccc(Cl)cc2)CC1. The molecule has 1 heterocycles. The summed E-state index contributed by atoms with van der Waals surface area (Å²) in [6, 6.07) is 6.32. The van der Waals surface area contributed by atoms with Crippen LogP contribution in [0.4, 0.5) is 4.79 Å². The fraction of sp³-hybridized carbons (Fsp3) is 0.562. The van der Waals surface area contributed by atoms with Crippen molar-refractivity contribution < 1.29 is 18.3 Å². The normalized spacial score (nSPS) is 17.9. The molecular weight excluding hydrogens is 366 g/mol. The van der Waals surface area contributed by atoms with Crippen LogP contribution >= 0.6 is 11.6 Å². The van der Waals surface area contributed by atoms with E-state index in [0.717, 1.165) is 0 Å². The maximum atomic E-state index is 11.9. The van der Waals surface area contributed by atoms with E-state index in [1.165, 1.54) is 4.31 Å². The molecule has 0 unspecified atom stereocenters. The lowest BCUT2D eigenvalue weighted by atomic mass is 10.1. The van der Waals surface area contributed by atoms with Gasteiger partial charge in [0.1, 0.15) is 0 Å². The summed E-state index contributed by atoms with van der Waals surface area (Å²) in [5.74, 6) is 0.0914. The minimum atomic E-state index is -3.17. The second-order valence-electron chi connectivity index (χ2n) is 6.00. The summed E-state index contributed by atoms with van der Waals surface area (Å²) in [5, 5.41) is 16.1. The molecule has 0 bridgehead atoms. The highest BCUT2D eigenvalue weighted by atomic mass is 35.5. The first-order valence-electron chi connectivity index (χ1n) is 8.27. The molecule has 3 N–H and O–H groups in total. The van der Waals surface area contributed by atoms with Crippen LogP contribution in [0.2, 0.25) is 5.02 Å². The fourth-order valence-electron chi connectivity index (χ4n) is 2.69. The third kappa shape index (κ3) is 5.85. The van der Waals surface area contributed by atoms with E-state index in [1.54, 1.807) is 31.2 Å². The Morgan fingerprint density at radius 3 is 2.48 bits per heavy atom. The molecule has 0 aliphatic carbocycles. The number of urea groups is 1. The zero-order valence-electron chi connectivity index (χ0n) is 14.1. The molecule has 1 aliphatic heterocycles. The molecule has 1 fully saturated rings. The minimum absolute atomic E-state index is 0.0732. The lowest BCUT2D eigenvalue weighted by Crippen LogP contribution is -2.49. The molecule has 140 valence electrons. The topological polar surface area (TPSA) is 98.7 Å². The molecule has 25 heavy (non-hydrogen) atoms. The van der Waals surface area contributed by atoms with Gasteiger partial charge in [0.05, 0.1) is 11.9 Å². The predicted molar refractivity (Wildman–Crippen MR) is 97.0 cm³/mol. The number of halogens is 1. The van der Waals surface area contributed by atoms with Crippen LogP contribution in [-0.2, 0) is 10.0 Å². The monoisotopic (exact) mass is 389 g/mol. The number of piperidine rings is 1. The van der Waals surface area contributed by atoms with Crippen LogP contribution in [0.5, 0.6) is 0 Å². The molecule has 1 aliphatic rings. The van der Waals surface area contributed by atoms with E-state index in [2.05, 4.69) is 10.6 Å². The van der Waals surface area contributed by atoms with Crippen LogP contribution in [-0.4, -0.2) is 55.3 Å². The highest BCUT2D eigenvalue weighted by molar-refractivity contribution is 7.89. The Hall–Kier alpha value is -1.35. The van der Waals surface area contributed by atoms with E-state index >= 15 is 0 Å². The van der Waals surface area contributed by atoms with E-state index in [4.69, 9.17) is 11.6 Å². The van der Waals surface area contributed by atoms with Crippen molar-refractivity contribution in [3.05, 3.63) is 34.9 Å². The summed E-state index contributed by atoms with van der Waals surface area (Å²) in [6.45, 7) is 2.53. The number of nitrogens with one attached hydrogen (secondary N) is 2. The first-order valence-corrected chi connectivity index (χ1v) is 10.3. The first kappa shape index (κ1) is 20.0. The highest BCUT2D eigenvalue weighted by Crippen LogP contribution is 2.16. The van der Waals surface area contributed by atoms with Crippen molar-refractivity contribution in [2.75, 3.05) is 25.4 Å². The van der Waals surface area contributed by atoms with Gasteiger partial charge in [0.15, 0.2) is 0 Å². The number of aliphatic hydroxyl groups is 1. The number of amides is 2. The first-order chi connectivity index (χ1) is 11.8. The maximum Gasteiger partial charge on any atom is 0.315 e. The van der Waals surface area contributed by atoms with Gasteiger partial charge in [-0.3, -0.25) is 0 Å². The molecule has 1 atom stereocenters. The van der Waals surface area contributed by atoms with Crippen molar-refractivity contribution >= 4 is 27.7 Å². The Bertz CT molecular complexity index is 673. The average molecular weight is 390 g/mol. The number of hydrogen-bond acceptors (Lipinski definition) is 4. The van der Waals surface area contributed by atoms with Crippen molar-refractivity contribution in [3.63, 3.8) is 0 Å². The molecule has 7 nitrogen and oxygen atoms in total. The Kier molecular flexibility index (Phi) is 7.06. The predicted octanol–water partition coefficient (Wildman–Crippen LogP) is 1.49. The van der Waals surface area contributed by atoms with Crippen LogP contribution in [0.25, 0.3) is 0 Å². The molecule has 0 saturated carbocycles. The molecule has 2 rings (SSSR count). The Morgan fingerprint density at radius 2 is 1.92 bits per heavy atom. The Morgan fingerprint density at radius 1 is 1.32 bits per heavy atom. The average Bonchev–Trinajstić information content (AvgIpc) is 2.61. The van der Waals surface area contributed by atoms with E-state index in [9.17, 15) is 18.3 Å². The zero-order chi connectivity index (χ0) is 18.4. The van der Waals surface area contributed by atoms with Gasteiger partial charge in [0, 0.05) is 30.7 Å².